The Labute approximate surface area is 115 Å². The fourth-order valence-electron chi connectivity index (χ4n) is 3.70. The molecule has 1 aromatic rings. The van der Waals surface area contributed by atoms with Crippen molar-refractivity contribution >= 4 is 5.69 Å². The summed E-state index contributed by atoms with van der Waals surface area (Å²) < 4.78 is 0. The maximum absolute atomic E-state index is 9.80. The van der Waals surface area contributed by atoms with Crippen molar-refractivity contribution < 1.29 is 5.11 Å². The highest BCUT2D eigenvalue weighted by Gasteiger charge is 2.35. The molecule has 2 heterocycles. The lowest BCUT2D eigenvalue weighted by Gasteiger charge is -2.33. The lowest BCUT2D eigenvalue weighted by atomic mass is 9.85. The first-order valence-corrected chi connectivity index (χ1v) is 7.70. The smallest absolute Gasteiger partial charge is 0.0957 e. The minimum absolute atomic E-state index is 0.421. The molecule has 19 heavy (non-hydrogen) atoms. The molecule has 1 aliphatic carbocycles. The SMILES string of the molecule is CCC(O)c1ccc(N2CCC3CCCCC32)cn1. The van der Waals surface area contributed by atoms with E-state index in [4.69, 9.17) is 0 Å². The topological polar surface area (TPSA) is 36.4 Å². The third kappa shape index (κ3) is 2.48. The van der Waals surface area contributed by atoms with Crippen LogP contribution in [0.5, 0.6) is 0 Å². The van der Waals surface area contributed by atoms with Gasteiger partial charge in [0.2, 0.25) is 0 Å². The minimum atomic E-state index is -0.421. The lowest BCUT2D eigenvalue weighted by molar-refractivity contribution is 0.169. The molecule has 1 N–H and O–H groups in total. The van der Waals surface area contributed by atoms with Crippen LogP contribution in [0.25, 0.3) is 0 Å². The molecule has 0 radical (unpaired) electrons. The normalized spacial score (nSPS) is 28.2. The van der Waals surface area contributed by atoms with E-state index in [1.54, 1.807) is 0 Å². The van der Waals surface area contributed by atoms with Crippen molar-refractivity contribution in [2.45, 2.75) is 57.6 Å². The second-order valence-corrected chi connectivity index (χ2v) is 5.96. The first-order valence-electron chi connectivity index (χ1n) is 7.70. The number of aliphatic hydroxyl groups is 1. The van der Waals surface area contributed by atoms with Crippen LogP contribution >= 0.6 is 0 Å². The highest BCUT2D eigenvalue weighted by Crippen LogP contribution is 2.38. The van der Waals surface area contributed by atoms with Crippen molar-refractivity contribution in [3.8, 4) is 0 Å². The molecule has 104 valence electrons. The van der Waals surface area contributed by atoms with Crippen molar-refractivity contribution in [3.63, 3.8) is 0 Å². The molecule has 3 unspecified atom stereocenters. The van der Waals surface area contributed by atoms with Crippen molar-refractivity contribution in [3.05, 3.63) is 24.0 Å². The van der Waals surface area contributed by atoms with Crippen molar-refractivity contribution in [2.75, 3.05) is 11.4 Å². The number of aromatic nitrogens is 1. The molecule has 2 fully saturated rings. The quantitative estimate of drug-likeness (QED) is 0.906. The molecule has 3 rings (SSSR count). The van der Waals surface area contributed by atoms with Gasteiger partial charge in [0, 0.05) is 12.6 Å². The van der Waals surface area contributed by atoms with E-state index in [1.165, 1.54) is 44.3 Å². The Morgan fingerprint density at radius 3 is 2.89 bits per heavy atom. The average Bonchev–Trinajstić information content (AvgIpc) is 2.90. The summed E-state index contributed by atoms with van der Waals surface area (Å²) in [4.78, 5) is 6.98. The number of anilines is 1. The van der Waals surface area contributed by atoms with E-state index in [0.29, 0.717) is 0 Å². The molecule has 3 atom stereocenters. The summed E-state index contributed by atoms with van der Waals surface area (Å²) in [7, 11) is 0. The molecule has 0 amide bonds. The first kappa shape index (κ1) is 12.9. The van der Waals surface area contributed by atoms with Crippen LogP contribution in [0, 0.1) is 5.92 Å². The maximum atomic E-state index is 9.80. The minimum Gasteiger partial charge on any atom is -0.387 e. The first-order chi connectivity index (χ1) is 9.29. The Balaban J connectivity index is 1.75. The van der Waals surface area contributed by atoms with Crippen LogP contribution in [0.2, 0.25) is 0 Å². The molecule has 1 aliphatic heterocycles. The predicted molar refractivity (Wildman–Crippen MR) is 77.2 cm³/mol. The number of rotatable bonds is 3. The second-order valence-electron chi connectivity index (χ2n) is 5.96. The van der Waals surface area contributed by atoms with Crippen molar-refractivity contribution in [2.24, 2.45) is 5.92 Å². The van der Waals surface area contributed by atoms with E-state index in [-0.39, 0.29) is 0 Å². The van der Waals surface area contributed by atoms with E-state index < -0.39 is 6.10 Å². The summed E-state index contributed by atoms with van der Waals surface area (Å²) in [5, 5.41) is 9.80. The number of hydrogen-bond donors (Lipinski definition) is 1. The molecule has 0 aromatic carbocycles. The van der Waals surface area contributed by atoms with E-state index >= 15 is 0 Å². The van der Waals surface area contributed by atoms with E-state index in [2.05, 4.69) is 16.0 Å². The largest absolute Gasteiger partial charge is 0.387 e. The Morgan fingerprint density at radius 2 is 2.16 bits per heavy atom. The van der Waals surface area contributed by atoms with Gasteiger partial charge >= 0.3 is 0 Å². The monoisotopic (exact) mass is 260 g/mol. The Bertz CT molecular complexity index is 417. The van der Waals surface area contributed by atoms with Crippen molar-refractivity contribution in [1.29, 1.82) is 0 Å². The Morgan fingerprint density at radius 1 is 1.32 bits per heavy atom. The Hall–Kier alpha value is -1.09. The van der Waals surface area contributed by atoms with E-state index in [9.17, 15) is 5.11 Å². The third-order valence-electron chi connectivity index (χ3n) is 4.84. The number of hydrogen-bond acceptors (Lipinski definition) is 3. The molecule has 1 aromatic heterocycles. The van der Waals surface area contributed by atoms with E-state index in [0.717, 1.165) is 24.1 Å². The van der Waals surface area contributed by atoms with Gasteiger partial charge in [0.15, 0.2) is 0 Å². The zero-order valence-corrected chi connectivity index (χ0v) is 11.8. The predicted octanol–water partition coefficient (Wildman–Crippen LogP) is 3.29. The molecular weight excluding hydrogens is 236 g/mol. The molecule has 1 saturated carbocycles. The zero-order chi connectivity index (χ0) is 13.2. The standard InChI is InChI=1S/C16H24N2O/c1-2-16(19)14-8-7-13(11-17-14)18-10-9-12-5-3-4-6-15(12)18/h7-8,11-12,15-16,19H,2-6,9-10H2,1H3. The third-order valence-corrected chi connectivity index (χ3v) is 4.84. The summed E-state index contributed by atoms with van der Waals surface area (Å²) >= 11 is 0. The average molecular weight is 260 g/mol. The summed E-state index contributed by atoms with van der Waals surface area (Å²) in [6.45, 7) is 3.15. The van der Waals surface area contributed by atoms with Crippen LogP contribution in [0.15, 0.2) is 18.3 Å². The number of aliphatic hydroxyl groups excluding tert-OH is 1. The van der Waals surface area contributed by atoms with Crippen LogP contribution in [0.3, 0.4) is 0 Å². The summed E-state index contributed by atoms with van der Waals surface area (Å²) in [5.74, 6) is 0.898. The zero-order valence-electron chi connectivity index (χ0n) is 11.8. The van der Waals surface area contributed by atoms with Crippen LogP contribution in [-0.4, -0.2) is 22.7 Å². The van der Waals surface area contributed by atoms with Gasteiger partial charge in [-0.2, -0.15) is 0 Å². The molecule has 3 heteroatoms. The number of pyridine rings is 1. The molecule has 1 saturated heterocycles. The lowest BCUT2D eigenvalue weighted by Crippen LogP contribution is -2.34. The Kier molecular flexibility index (Phi) is 3.74. The van der Waals surface area contributed by atoms with Crippen LogP contribution in [-0.2, 0) is 0 Å². The van der Waals surface area contributed by atoms with Gasteiger partial charge in [-0.1, -0.05) is 19.8 Å². The summed E-state index contributed by atoms with van der Waals surface area (Å²) in [6.07, 6.45) is 9.11. The van der Waals surface area contributed by atoms with Gasteiger partial charge in [-0.3, -0.25) is 4.98 Å². The van der Waals surface area contributed by atoms with Gasteiger partial charge in [-0.25, -0.2) is 0 Å². The summed E-state index contributed by atoms with van der Waals surface area (Å²) in [5.41, 5.74) is 2.03. The van der Waals surface area contributed by atoms with Gasteiger partial charge in [0.25, 0.3) is 0 Å². The highest BCUT2D eigenvalue weighted by molar-refractivity contribution is 5.47. The van der Waals surface area contributed by atoms with Crippen LogP contribution in [0.1, 0.15) is 57.2 Å². The summed E-state index contributed by atoms with van der Waals surface area (Å²) in [6, 6.07) is 4.86. The van der Waals surface area contributed by atoms with Crippen LogP contribution in [0.4, 0.5) is 5.69 Å². The number of nitrogens with zero attached hydrogens (tertiary/aromatic N) is 2. The fraction of sp³-hybridized carbons (Fsp3) is 0.688. The second kappa shape index (κ2) is 5.49. The maximum Gasteiger partial charge on any atom is 0.0957 e. The molecule has 2 aliphatic rings. The van der Waals surface area contributed by atoms with Crippen molar-refractivity contribution in [1.82, 2.24) is 4.98 Å². The molecule has 0 bridgehead atoms. The van der Waals surface area contributed by atoms with Crippen LogP contribution < -0.4 is 4.90 Å². The highest BCUT2D eigenvalue weighted by atomic mass is 16.3. The number of fused-ring (bicyclic) bond motifs is 1. The van der Waals surface area contributed by atoms with Gasteiger partial charge in [-0.15, -0.1) is 0 Å². The molecular formula is C16H24N2O. The van der Waals surface area contributed by atoms with Gasteiger partial charge < -0.3 is 10.0 Å². The van der Waals surface area contributed by atoms with Gasteiger partial charge in [0.1, 0.15) is 0 Å². The fourth-order valence-corrected chi connectivity index (χ4v) is 3.70. The van der Waals surface area contributed by atoms with Gasteiger partial charge in [0.05, 0.1) is 23.7 Å². The molecule has 3 nitrogen and oxygen atoms in total. The molecule has 0 spiro atoms. The van der Waals surface area contributed by atoms with Gasteiger partial charge in [-0.05, 0) is 43.7 Å². The van der Waals surface area contributed by atoms with E-state index in [1.807, 2.05) is 19.2 Å².